The molecule has 8 aromatic carbocycles. The maximum absolute atomic E-state index is 2.50. The molecule has 214 valence electrons. The third kappa shape index (κ3) is 3.47. The molecule has 0 N–H and O–H groups in total. The normalized spacial score (nSPS) is 15.8. The summed E-state index contributed by atoms with van der Waals surface area (Å²) in [5, 5.41) is 5.22. The molecule has 0 bridgehead atoms. The molecule has 0 radical (unpaired) electrons. The Bertz CT molecular complexity index is 2500. The summed E-state index contributed by atoms with van der Waals surface area (Å²) in [6.07, 6.45) is 0. The Hall–Kier alpha value is -5.37. The number of benzene rings is 8. The van der Waals surface area contributed by atoms with E-state index in [9.17, 15) is 0 Å². The highest BCUT2D eigenvalue weighted by atomic mass is 32.2. The number of fused-ring (bicyclic) bond motifs is 6. The maximum atomic E-state index is 2.50. The van der Waals surface area contributed by atoms with Crippen LogP contribution in [0.1, 0.15) is 22.3 Å². The van der Waals surface area contributed by atoms with Gasteiger partial charge < -0.3 is 0 Å². The Balaban J connectivity index is 1.29. The fourth-order valence-electron chi connectivity index (χ4n) is 8.28. The SMILES string of the molecule is c1ccc(C2(c3cccc4ccccc34)c3ccccc3-c3ccc(-c4ccc5c6c(cccc46)-c4ccccc4S5)cc32)cc1. The lowest BCUT2D eigenvalue weighted by molar-refractivity contribution is 0.777. The van der Waals surface area contributed by atoms with Crippen molar-refractivity contribution in [2.45, 2.75) is 15.2 Å². The van der Waals surface area contributed by atoms with E-state index in [0.29, 0.717) is 0 Å². The van der Waals surface area contributed by atoms with E-state index in [1.807, 2.05) is 11.8 Å². The first-order valence-corrected chi connectivity index (χ1v) is 16.8. The van der Waals surface area contributed by atoms with Crippen molar-refractivity contribution in [2.75, 3.05) is 0 Å². The molecule has 1 atom stereocenters. The molecule has 1 unspecified atom stereocenters. The van der Waals surface area contributed by atoms with E-state index in [-0.39, 0.29) is 0 Å². The second-order valence-electron chi connectivity index (χ2n) is 12.4. The van der Waals surface area contributed by atoms with Crippen LogP contribution < -0.4 is 0 Å². The third-order valence-electron chi connectivity index (χ3n) is 10.2. The maximum Gasteiger partial charge on any atom is 0.0719 e. The molecule has 0 nitrogen and oxygen atoms in total. The standard InChI is InChI=1S/C45H28S/c1-2-14-31(15-3-1)45(39-22-10-13-29-12-4-5-16-33(29)39)40-21-8-6-17-34(40)35-25-24-30(28-41(35)45)32-26-27-43-44-37(32)19-11-20-38(44)36-18-7-9-23-42(36)46-43/h1-28H. The minimum absolute atomic E-state index is 0.467. The molecule has 1 heterocycles. The highest BCUT2D eigenvalue weighted by molar-refractivity contribution is 7.99. The van der Waals surface area contributed by atoms with Gasteiger partial charge in [0.15, 0.2) is 0 Å². The second kappa shape index (κ2) is 9.81. The summed E-state index contributed by atoms with van der Waals surface area (Å²) in [6, 6.07) is 63.4. The summed E-state index contributed by atoms with van der Waals surface area (Å²) in [4.78, 5) is 2.66. The van der Waals surface area contributed by atoms with Gasteiger partial charge in [-0.15, -0.1) is 0 Å². The molecule has 0 saturated heterocycles. The van der Waals surface area contributed by atoms with E-state index in [0.717, 1.165) is 0 Å². The van der Waals surface area contributed by atoms with Crippen molar-refractivity contribution in [3.63, 3.8) is 0 Å². The molecule has 0 fully saturated rings. The molecule has 0 amide bonds. The molecule has 1 aliphatic heterocycles. The lowest BCUT2D eigenvalue weighted by atomic mass is 9.66. The minimum Gasteiger partial charge on any atom is -0.0888 e. The van der Waals surface area contributed by atoms with Crippen LogP contribution in [0.15, 0.2) is 180 Å². The Morgan fingerprint density at radius 3 is 1.96 bits per heavy atom. The molecule has 0 aromatic heterocycles. The molecule has 0 spiro atoms. The van der Waals surface area contributed by atoms with Crippen molar-refractivity contribution in [1.82, 2.24) is 0 Å². The molecular weight excluding hydrogens is 573 g/mol. The molecule has 2 aliphatic rings. The third-order valence-corrected chi connectivity index (χ3v) is 11.3. The summed E-state index contributed by atoms with van der Waals surface area (Å²) < 4.78 is 0. The second-order valence-corrected chi connectivity index (χ2v) is 13.5. The predicted molar refractivity (Wildman–Crippen MR) is 194 cm³/mol. The van der Waals surface area contributed by atoms with Crippen molar-refractivity contribution in [2.24, 2.45) is 0 Å². The van der Waals surface area contributed by atoms with Gasteiger partial charge in [-0.2, -0.15) is 0 Å². The van der Waals surface area contributed by atoms with Gasteiger partial charge in [0.2, 0.25) is 0 Å². The van der Waals surface area contributed by atoms with Crippen molar-refractivity contribution < 1.29 is 0 Å². The summed E-state index contributed by atoms with van der Waals surface area (Å²) in [6.45, 7) is 0. The Kier molecular flexibility index (Phi) is 5.53. The fourth-order valence-corrected chi connectivity index (χ4v) is 9.41. The van der Waals surface area contributed by atoms with Gasteiger partial charge >= 0.3 is 0 Å². The van der Waals surface area contributed by atoms with Crippen molar-refractivity contribution >= 4 is 33.3 Å². The van der Waals surface area contributed by atoms with E-state index >= 15 is 0 Å². The van der Waals surface area contributed by atoms with E-state index in [2.05, 4.69) is 170 Å². The summed E-state index contributed by atoms with van der Waals surface area (Å²) in [7, 11) is 0. The minimum atomic E-state index is -0.467. The highest BCUT2D eigenvalue weighted by Gasteiger charge is 2.46. The fraction of sp³-hybridized carbons (Fsp3) is 0.0222. The molecule has 46 heavy (non-hydrogen) atoms. The Labute approximate surface area is 273 Å². The largest absolute Gasteiger partial charge is 0.0888 e. The Morgan fingerprint density at radius 1 is 0.370 bits per heavy atom. The van der Waals surface area contributed by atoms with Crippen LogP contribution in [-0.2, 0) is 5.41 Å². The summed E-state index contributed by atoms with van der Waals surface area (Å²) >= 11 is 1.89. The van der Waals surface area contributed by atoms with Gasteiger partial charge in [0.05, 0.1) is 5.41 Å². The van der Waals surface area contributed by atoms with E-state index in [4.69, 9.17) is 0 Å². The Morgan fingerprint density at radius 2 is 1.02 bits per heavy atom. The van der Waals surface area contributed by atoms with Crippen LogP contribution in [0.5, 0.6) is 0 Å². The zero-order valence-electron chi connectivity index (χ0n) is 25.1. The van der Waals surface area contributed by atoms with Crippen LogP contribution in [0, 0.1) is 0 Å². The first kappa shape index (κ1) is 25.9. The number of hydrogen-bond donors (Lipinski definition) is 0. The molecule has 1 heteroatoms. The first-order chi connectivity index (χ1) is 22.8. The van der Waals surface area contributed by atoms with E-state index in [1.54, 1.807) is 0 Å². The van der Waals surface area contributed by atoms with Gasteiger partial charge in [-0.05, 0) is 90.0 Å². The monoisotopic (exact) mass is 600 g/mol. The topological polar surface area (TPSA) is 0 Å². The summed E-state index contributed by atoms with van der Waals surface area (Å²) in [5.41, 5.74) is 12.6. The average molecular weight is 601 g/mol. The first-order valence-electron chi connectivity index (χ1n) is 15.9. The zero-order chi connectivity index (χ0) is 30.2. The van der Waals surface area contributed by atoms with Crippen LogP contribution in [0.25, 0.3) is 54.9 Å². The van der Waals surface area contributed by atoms with Gasteiger partial charge in [-0.1, -0.05) is 163 Å². The summed E-state index contributed by atoms with van der Waals surface area (Å²) in [5.74, 6) is 0. The van der Waals surface area contributed by atoms with Crippen molar-refractivity contribution in [1.29, 1.82) is 0 Å². The molecule has 0 saturated carbocycles. The average Bonchev–Trinajstić information content (AvgIpc) is 3.42. The van der Waals surface area contributed by atoms with Crippen LogP contribution >= 0.6 is 11.8 Å². The number of hydrogen-bond acceptors (Lipinski definition) is 1. The van der Waals surface area contributed by atoms with Crippen LogP contribution in [-0.4, -0.2) is 0 Å². The van der Waals surface area contributed by atoms with Crippen molar-refractivity contribution in [3.8, 4) is 33.4 Å². The quantitative estimate of drug-likeness (QED) is 0.194. The van der Waals surface area contributed by atoms with Gasteiger partial charge in [0.25, 0.3) is 0 Å². The van der Waals surface area contributed by atoms with Gasteiger partial charge in [0.1, 0.15) is 0 Å². The van der Waals surface area contributed by atoms with Gasteiger partial charge in [-0.25, -0.2) is 0 Å². The van der Waals surface area contributed by atoms with Gasteiger partial charge in [0, 0.05) is 15.2 Å². The van der Waals surface area contributed by atoms with Crippen LogP contribution in [0.4, 0.5) is 0 Å². The van der Waals surface area contributed by atoms with E-state index in [1.165, 1.54) is 87.0 Å². The molecule has 1 aliphatic carbocycles. The van der Waals surface area contributed by atoms with Gasteiger partial charge in [-0.3, -0.25) is 0 Å². The lowest BCUT2D eigenvalue weighted by Crippen LogP contribution is -2.29. The molecular formula is C45H28S. The van der Waals surface area contributed by atoms with E-state index < -0.39 is 5.41 Å². The van der Waals surface area contributed by atoms with Crippen LogP contribution in [0.2, 0.25) is 0 Å². The molecule has 8 aromatic rings. The lowest BCUT2D eigenvalue weighted by Gasteiger charge is -2.35. The van der Waals surface area contributed by atoms with Crippen molar-refractivity contribution in [3.05, 3.63) is 192 Å². The number of rotatable bonds is 3. The zero-order valence-corrected chi connectivity index (χ0v) is 25.9. The molecule has 10 rings (SSSR count). The smallest absolute Gasteiger partial charge is 0.0719 e. The predicted octanol–water partition coefficient (Wildman–Crippen LogP) is 12.2. The van der Waals surface area contributed by atoms with Crippen LogP contribution in [0.3, 0.4) is 0 Å². The highest BCUT2D eigenvalue weighted by Crippen LogP contribution is 2.58.